The molecule has 188 valence electrons. The average Bonchev–Trinajstić information content (AvgIpc) is 3.31. The van der Waals surface area contributed by atoms with Gasteiger partial charge in [0.2, 0.25) is 5.13 Å². The second-order valence-electron chi connectivity index (χ2n) is 7.68. The van der Waals surface area contributed by atoms with E-state index in [1.54, 1.807) is 12.1 Å². The Kier molecular flexibility index (Phi) is 9.85. The summed E-state index contributed by atoms with van der Waals surface area (Å²) in [7, 11) is 0. The molecule has 10 heteroatoms. The van der Waals surface area contributed by atoms with Gasteiger partial charge in [0.15, 0.2) is 11.5 Å². The van der Waals surface area contributed by atoms with Crippen LogP contribution in [0.1, 0.15) is 35.5 Å². The summed E-state index contributed by atoms with van der Waals surface area (Å²) < 4.78 is 18.1. The van der Waals surface area contributed by atoms with Crippen molar-refractivity contribution in [3.8, 4) is 23.3 Å². The minimum absolute atomic E-state index is 0.0759. The predicted molar refractivity (Wildman–Crippen MR) is 144 cm³/mol. The second-order valence-corrected chi connectivity index (χ2v) is 9.60. The van der Waals surface area contributed by atoms with E-state index < -0.39 is 5.91 Å². The number of hydrogen-bond acceptors (Lipinski definition) is 8. The monoisotopic (exact) mass is 570 g/mol. The van der Waals surface area contributed by atoms with Crippen molar-refractivity contribution in [2.75, 3.05) is 25.1 Å². The molecule has 0 saturated heterocycles. The first-order valence-corrected chi connectivity index (χ1v) is 13.0. The van der Waals surface area contributed by atoms with E-state index in [1.165, 1.54) is 23.0 Å². The lowest BCUT2D eigenvalue weighted by atomic mass is 10.1. The molecule has 8 nitrogen and oxygen atoms in total. The first kappa shape index (κ1) is 27.2. The largest absolute Gasteiger partial charge is 0.490 e. The normalized spacial score (nSPS) is 11.1. The van der Waals surface area contributed by atoms with Gasteiger partial charge in [-0.1, -0.05) is 24.3 Å². The van der Waals surface area contributed by atoms with Crippen molar-refractivity contribution < 1.29 is 19.0 Å². The number of amides is 1. The van der Waals surface area contributed by atoms with Crippen molar-refractivity contribution in [1.29, 1.82) is 5.26 Å². The predicted octanol–water partition coefficient (Wildman–Crippen LogP) is 5.88. The highest BCUT2D eigenvalue weighted by Gasteiger charge is 2.16. The molecule has 36 heavy (non-hydrogen) atoms. The third-order valence-corrected chi connectivity index (χ3v) is 6.65. The number of benzene rings is 2. The molecule has 0 atom stereocenters. The van der Waals surface area contributed by atoms with Crippen LogP contribution >= 0.6 is 27.3 Å². The van der Waals surface area contributed by atoms with Gasteiger partial charge in [0.25, 0.3) is 5.91 Å². The van der Waals surface area contributed by atoms with E-state index in [-0.39, 0.29) is 5.57 Å². The number of carbonyl (C=O) groups excluding carboxylic acids is 1. The van der Waals surface area contributed by atoms with Crippen LogP contribution < -0.4 is 19.5 Å². The van der Waals surface area contributed by atoms with Crippen LogP contribution in [0.15, 0.2) is 40.4 Å². The molecular formula is C26H27BrN4O4S. The zero-order valence-electron chi connectivity index (χ0n) is 20.6. The van der Waals surface area contributed by atoms with Crippen LogP contribution in [0.2, 0.25) is 0 Å². The zero-order chi connectivity index (χ0) is 26.1. The summed E-state index contributed by atoms with van der Waals surface area (Å²) in [5.74, 6) is 1.22. The number of carbonyl (C=O) groups is 1. The van der Waals surface area contributed by atoms with Crippen molar-refractivity contribution in [2.45, 2.75) is 34.1 Å². The molecule has 0 bridgehead atoms. The van der Waals surface area contributed by atoms with Gasteiger partial charge in [0, 0.05) is 0 Å². The van der Waals surface area contributed by atoms with Crippen molar-refractivity contribution >= 4 is 44.4 Å². The highest BCUT2D eigenvalue weighted by atomic mass is 79.9. The van der Waals surface area contributed by atoms with Crippen LogP contribution in [0.25, 0.3) is 6.08 Å². The lowest BCUT2D eigenvalue weighted by Crippen LogP contribution is -2.13. The molecule has 1 aromatic heterocycles. The number of ether oxygens (including phenoxy) is 3. The average molecular weight is 571 g/mol. The summed E-state index contributed by atoms with van der Waals surface area (Å²) >= 11 is 4.79. The van der Waals surface area contributed by atoms with Crippen molar-refractivity contribution in [3.05, 3.63) is 62.1 Å². The maximum Gasteiger partial charge on any atom is 0.268 e. The fraction of sp³-hybridized carbons (Fsp3) is 0.308. The van der Waals surface area contributed by atoms with Crippen molar-refractivity contribution in [1.82, 2.24) is 10.2 Å². The van der Waals surface area contributed by atoms with Gasteiger partial charge in [-0.3, -0.25) is 10.1 Å². The van der Waals surface area contributed by atoms with Gasteiger partial charge in [-0.15, -0.1) is 10.2 Å². The Bertz CT molecular complexity index is 1300. The topological polar surface area (TPSA) is 106 Å². The molecule has 0 aliphatic heterocycles. The minimum Gasteiger partial charge on any atom is -0.490 e. The molecule has 1 heterocycles. The van der Waals surface area contributed by atoms with Gasteiger partial charge < -0.3 is 14.2 Å². The summed E-state index contributed by atoms with van der Waals surface area (Å²) in [6, 6.07) is 11.4. The van der Waals surface area contributed by atoms with E-state index in [9.17, 15) is 10.1 Å². The van der Waals surface area contributed by atoms with Gasteiger partial charge in [-0.2, -0.15) is 5.26 Å². The molecule has 0 unspecified atom stereocenters. The van der Waals surface area contributed by atoms with Crippen LogP contribution in [-0.4, -0.2) is 35.9 Å². The third-order valence-electron chi connectivity index (χ3n) is 5.07. The first-order valence-electron chi connectivity index (χ1n) is 11.4. The van der Waals surface area contributed by atoms with E-state index in [4.69, 9.17) is 14.2 Å². The Labute approximate surface area is 223 Å². The van der Waals surface area contributed by atoms with E-state index in [1.807, 2.05) is 45.0 Å². The summed E-state index contributed by atoms with van der Waals surface area (Å²) in [6.45, 7) is 8.98. The quantitative estimate of drug-likeness (QED) is 0.174. The van der Waals surface area contributed by atoms with Crippen LogP contribution in [-0.2, 0) is 11.2 Å². The van der Waals surface area contributed by atoms with E-state index >= 15 is 0 Å². The van der Waals surface area contributed by atoms with Gasteiger partial charge in [0.05, 0.1) is 11.1 Å². The van der Waals surface area contributed by atoms with Gasteiger partial charge >= 0.3 is 0 Å². The molecule has 1 amide bonds. The molecule has 0 spiro atoms. The number of anilines is 1. The van der Waals surface area contributed by atoms with Crippen molar-refractivity contribution in [3.63, 3.8) is 0 Å². The lowest BCUT2D eigenvalue weighted by Gasteiger charge is -2.15. The van der Waals surface area contributed by atoms with E-state index in [0.29, 0.717) is 46.5 Å². The summed E-state index contributed by atoms with van der Waals surface area (Å²) in [5, 5.41) is 21.2. The zero-order valence-corrected chi connectivity index (χ0v) is 23.0. The van der Waals surface area contributed by atoms with Crippen LogP contribution in [0.5, 0.6) is 17.2 Å². The molecule has 2 aromatic carbocycles. The number of hydrogen-bond donors (Lipinski definition) is 1. The number of aryl methyl sites for hydroxylation is 3. The number of nitrogens with zero attached hydrogens (tertiary/aromatic N) is 3. The standard InChI is InChI=1S/C26H27BrN4O4S/c1-5-23-30-31-26(36-23)29-25(32)19(15-28)12-18-13-21(27)24(22(14-18)33-6-2)35-10-9-34-20-8-7-16(3)17(4)11-20/h7-8,11-14H,5-6,9-10H2,1-4H3,(H,29,31,32)/b19-12-. The smallest absolute Gasteiger partial charge is 0.268 e. The molecule has 1 N–H and O–H groups in total. The minimum atomic E-state index is -0.561. The highest BCUT2D eigenvalue weighted by Crippen LogP contribution is 2.37. The Morgan fingerprint density at radius 3 is 2.56 bits per heavy atom. The molecule has 0 radical (unpaired) electrons. The summed E-state index contributed by atoms with van der Waals surface area (Å²) in [4.78, 5) is 12.6. The molecule has 3 rings (SSSR count). The molecule has 0 fully saturated rings. The number of rotatable bonds is 11. The number of nitrogens with one attached hydrogen (secondary N) is 1. The molecule has 0 saturated carbocycles. The van der Waals surface area contributed by atoms with Gasteiger partial charge in [-0.25, -0.2) is 0 Å². The number of aromatic nitrogens is 2. The van der Waals surface area contributed by atoms with Gasteiger partial charge in [-0.05, 0) is 90.2 Å². The van der Waals surface area contributed by atoms with E-state index in [2.05, 4.69) is 38.4 Å². The summed E-state index contributed by atoms with van der Waals surface area (Å²) in [6.07, 6.45) is 2.20. The van der Waals surface area contributed by atoms with Crippen LogP contribution in [0, 0.1) is 25.2 Å². The highest BCUT2D eigenvalue weighted by molar-refractivity contribution is 9.10. The lowest BCUT2D eigenvalue weighted by molar-refractivity contribution is -0.112. The van der Waals surface area contributed by atoms with Crippen LogP contribution in [0.4, 0.5) is 5.13 Å². The van der Waals surface area contributed by atoms with E-state index in [0.717, 1.165) is 22.7 Å². The first-order chi connectivity index (χ1) is 17.3. The van der Waals surface area contributed by atoms with Crippen LogP contribution in [0.3, 0.4) is 0 Å². The maximum atomic E-state index is 12.6. The number of nitriles is 1. The number of halogens is 1. The maximum absolute atomic E-state index is 12.6. The Morgan fingerprint density at radius 1 is 1.11 bits per heavy atom. The second kappa shape index (κ2) is 13.0. The summed E-state index contributed by atoms with van der Waals surface area (Å²) in [5.41, 5.74) is 2.90. The molecule has 3 aromatic rings. The Hall–Kier alpha value is -3.42. The molecule has 0 aliphatic rings. The Balaban J connectivity index is 1.71. The fourth-order valence-electron chi connectivity index (χ4n) is 3.11. The molecular weight excluding hydrogens is 544 g/mol. The fourth-order valence-corrected chi connectivity index (χ4v) is 4.36. The molecule has 0 aliphatic carbocycles. The Morgan fingerprint density at radius 2 is 1.89 bits per heavy atom. The van der Waals surface area contributed by atoms with Crippen molar-refractivity contribution in [2.24, 2.45) is 0 Å². The van der Waals surface area contributed by atoms with Gasteiger partial charge in [0.1, 0.15) is 35.6 Å². The SMILES string of the molecule is CCOc1cc(/C=C(/C#N)C(=O)Nc2nnc(CC)s2)cc(Br)c1OCCOc1ccc(C)c(C)c1. The third kappa shape index (κ3) is 7.29.